The van der Waals surface area contributed by atoms with Crippen LogP contribution in [-0.2, 0) is 4.79 Å². The number of nitrogens with one attached hydrogen (secondary N) is 2. The number of rotatable bonds is 6. The summed E-state index contributed by atoms with van der Waals surface area (Å²) in [6, 6.07) is 10.2. The van der Waals surface area contributed by atoms with Crippen molar-refractivity contribution in [2.24, 2.45) is 0 Å². The number of anilines is 2. The minimum Gasteiger partial charge on any atom is -0.496 e. The first-order chi connectivity index (χ1) is 12.3. The summed E-state index contributed by atoms with van der Waals surface area (Å²) in [5.74, 6) is -0.0584. The summed E-state index contributed by atoms with van der Waals surface area (Å²) in [6.45, 7) is 2.15. The maximum Gasteiger partial charge on any atom is 0.259 e. The fraction of sp³-hybridized carbons (Fsp3) is 0.263. The monoisotopic (exact) mass is 375 g/mol. The van der Waals surface area contributed by atoms with Gasteiger partial charge in [0, 0.05) is 16.4 Å². The van der Waals surface area contributed by atoms with Gasteiger partial charge in [-0.3, -0.25) is 9.59 Å². The third kappa shape index (κ3) is 5.21. The Morgan fingerprint density at radius 1 is 1.12 bits per heavy atom. The first-order valence-corrected chi connectivity index (χ1v) is 8.38. The molecule has 0 atom stereocenters. The Bertz CT molecular complexity index is 822. The predicted octanol–water partition coefficient (Wildman–Crippen LogP) is 3.41. The highest BCUT2D eigenvalue weighted by Gasteiger charge is 2.14. The molecule has 0 bridgehead atoms. The number of methoxy groups -OCH3 is 1. The number of amides is 2. The van der Waals surface area contributed by atoms with Gasteiger partial charge in [-0.05, 0) is 56.9 Å². The van der Waals surface area contributed by atoms with E-state index >= 15 is 0 Å². The molecule has 6 nitrogen and oxygen atoms in total. The summed E-state index contributed by atoms with van der Waals surface area (Å²) < 4.78 is 5.22. The van der Waals surface area contributed by atoms with Crippen LogP contribution in [0.5, 0.6) is 5.75 Å². The van der Waals surface area contributed by atoms with Crippen LogP contribution in [0, 0.1) is 6.92 Å². The van der Waals surface area contributed by atoms with Crippen LogP contribution >= 0.6 is 11.6 Å². The molecule has 26 heavy (non-hydrogen) atoms. The minimum absolute atomic E-state index is 0.129. The number of nitrogens with zero attached hydrogens (tertiary/aromatic N) is 1. The average molecular weight is 376 g/mol. The lowest BCUT2D eigenvalue weighted by atomic mass is 10.1. The van der Waals surface area contributed by atoms with E-state index in [1.54, 1.807) is 35.2 Å². The topological polar surface area (TPSA) is 70.7 Å². The average Bonchev–Trinajstić information content (AvgIpc) is 2.56. The lowest BCUT2D eigenvalue weighted by Gasteiger charge is -2.14. The number of ether oxygens (including phenoxy) is 1. The van der Waals surface area contributed by atoms with E-state index in [-0.39, 0.29) is 18.4 Å². The second-order valence-corrected chi connectivity index (χ2v) is 6.55. The van der Waals surface area contributed by atoms with Crippen LogP contribution in [0.4, 0.5) is 11.4 Å². The molecular weight excluding hydrogens is 354 g/mol. The van der Waals surface area contributed by atoms with E-state index in [1.165, 1.54) is 7.11 Å². The molecule has 0 fully saturated rings. The van der Waals surface area contributed by atoms with Gasteiger partial charge < -0.3 is 20.3 Å². The van der Waals surface area contributed by atoms with Gasteiger partial charge in [-0.1, -0.05) is 17.7 Å². The third-order valence-electron chi connectivity index (χ3n) is 3.64. The number of hydrogen-bond donors (Lipinski definition) is 2. The van der Waals surface area contributed by atoms with Crippen LogP contribution in [0.15, 0.2) is 36.4 Å². The molecule has 2 aromatic carbocycles. The highest BCUT2D eigenvalue weighted by Crippen LogP contribution is 2.26. The highest BCUT2D eigenvalue weighted by atomic mass is 35.5. The van der Waals surface area contributed by atoms with Gasteiger partial charge in [0.15, 0.2) is 0 Å². The number of aryl methyl sites for hydroxylation is 1. The zero-order valence-corrected chi connectivity index (χ0v) is 16.0. The van der Waals surface area contributed by atoms with Crippen molar-refractivity contribution in [3.63, 3.8) is 0 Å². The first-order valence-electron chi connectivity index (χ1n) is 8.00. The Kier molecular flexibility index (Phi) is 6.60. The van der Waals surface area contributed by atoms with Gasteiger partial charge in [0.05, 0.1) is 19.2 Å². The highest BCUT2D eigenvalue weighted by molar-refractivity contribution is 6.31. The van der Waals surface area contributed by atoms with E-state index in [0.717, 1.165) is 5.56 Å². The molecule has 2 N–H and O–H groups in total. The van der Waals surface area contributed by atoms with E-state index in [9.17, 15) is 9.59 Å². The molecule has 0 aliphatic rings. The Morgan fingerprint density at radius 3 is 2.50 bits per heavy atom. The van der Waals surface area contributed by atoms with Crippen molar-refractivity contribution in [2.45, 2.75) is 6.92 Å². The fourth-order valence-corrected chi connectivity index (χ4v) is 2.53. The van der Waals surface area contributed by atoms with Crippen LogP contribution in [0.3, 0.4) is 0 Å². The molecule has 0 aliphatic carbocycles. The van der Waals surface area contributed by atoms with E-state index in [1.807, 2.05) is 27.1 Å². The van der Waals surface area contributed by atoms with Crippen LogP contribution < -0.4 is 15.4 Å². The van der Waals surface area contributed by atoms with Crippen molar-refractivity contribution in [3.8, 4) is 5.75 Å². The van der Waals surface area contributed by atoms with E-state index < -0.39 is 0 Å². The van der Waals surface area contributed by atoms with Crippen LogP contribution in [0.25, 0.3) is 0 Å². The summed E-state index contributed by atoms with van der Waals surface area (Å²) in [6.07, 6.45) is 0. The van der Waals surface area contributed by atoms with E-state index in [4.69, 9.17) is 16.3 Å². The largest absolute Gasteiger partial charge is 0.496 e. The maximum atomic E-state index is 12.6. The zero-order valence-electron chi connectivity index (χ0n) is 15.2. The van der Waals surface area contributed by atoms with Gasteiger partial charge >= 0.3 is 0 Å². The van der Waals surface area contributed by atoms with Gasteiger partial charge in [-0.15, -0.1) is 0 Å². The summed E-state index contributed by atoms with van der Waals surface area (Å²) in [7, 11) is 5.12. The van der Waals surface area contributed by atoms with Gasteiger partial charge in [-0.25, -0.2) is 0 Å². The van der Waals surface area contributed by atoms with Crippen molar-refractivity contribution < 1.29 is 14.3 Å². The Hall–Kier alpha value is -2.57. The molecule has 0 unspecified atom stereocenters. The van der Waals surface area contributed by atoms with E-state index in [2.05, 4.69) is 10.6 Å². The lowest BCUT2D eigenvalue weighted by molar-refractivity contribution is -0.116. The quantitative estimate of drug-likeness (QED) is 0.811. The molecule has 2 amide bonds. The molecule has 0 spiro atoms. The summed E-state index contributed by atoms with van der Waals surface area (Å²) in [5.41, 5.74) is 2.46. The first kappa shape index (κ1) is 19.8. The van der Waals surface area contributed by atoms with Crippen molar-refractivity contribution in [3.05, 3.63) is 52.5 Å². The van der Waals surface area contributed by atoms with Gasteiger partial charge in [0.1, 0.15) is 5.75 Å². The van der Waals surface area contributed by atoms with E-state index in [0.29, 0.717) is 27.7 Å². The maximum absolute atomic E-state index is 12.6. The second-order valence-electron chi connectivity index (χ2n) is 6.11. The molecule has 2 rings (SSSR count). The van der Waals surface area contributed by atoms with Gasteiger partial charge in [0.2, 0.25) is 5.91 Å². The number of hydrogen-bond acceptors (Lipinski definition) is 4. The lowest BCUT2D eigenvalue weighted by Crippen LogP contribution is -2.27. The second kappa shape index (κ2) is 8.69. The molecule has 0 saturated heterocycles. The molecule has 0 saturated carbocycles. The van der Waals surface area contributed by atoms with Gasteiger partial charge in [0.25, 0.3) is 5.91 Å². The van der Waals surface area contributed by atoms with Crippen molar-refractivity contribution in [1.82, 2.24) is 4.90 Å². The Morgan fingerprint density at radius 2 is 1.85 bits per heavy atom. The summed E-state index contributed by atoms with van der Waals surface area (Å²) in [4.78, 5) is 26.3. The van der Waals surface area contributed by atoms with Crippen LogP contribution in [-0.4, -0.2) is 44.5 Å². The smallest absolute Gasteiger partial charge is 0.259 e. The molecule has 7 heteroatoms. The van der Waals surface area contributed by atoms with Crippen molar-refractivity contribution >= 4 is 34.8 Å². The summed E-state index contributed by atoms with van der Waals surface area (Å²) in [5, 5.41) is 6.15. The number of carbonyl (C=O) groups excluding carboxylic acids is 2. The SMILES string of the molecule is COc1cc(Cl)ccc1C(=O)Nc1cc(NC(=O)CN(C)C)ccc1C. The molecule has 0 heterocycles. The number of halogens is 1. The zero-order chi connectivity index (χ0) is 19.3. The normalized spacial score (nSPS) is 10.5. The summed E-state index contributed by atoms with van der Waals surface area (Å²) >= 11 is 5.94. The minimum atomic E-state index is -0.321. The number of likely N-dealkylation sites (N-methyl/N-ethyl adjacent to an activating group) is 1. The van der Waals surface area contributed by atoms with Crippen molar-refractivity contribution in [1.29, 1.82) is 0 Å². The molecule has 0 aromatic heterocycles. The predicted molar refractivity (Wildman–Crippen MR) is 104 cm³/mol. The molecule has 0 radical (unpaired) electrons. The third-order valence-corrected chi connectivity index (χ3v) is 3.87. The van der Waals surface area contributed by atoms with Crippen molar-refractivity contribution in [2.75, 3.05) is 38.4 Å². The van der Waals surface area contributed by atoms with Crippen LogP contribution in [0.2, 0.25) is 5.02 Å². The Balaban J connectivity index is 2.20. The van der Waals surface area contributed by atoms with Crippen LogP contribution in [0.1, 0.15) is 15.9 Å². The Labute approximate surface area is 158 Å². The van der Waals surface area contributed by atoms with Gasteiger partial charge in [-0.2, -0.15) is 0 Å². The molecule has 2 aromatic rings. The molecule has 0 aliphatic heterocycles. The molecule has 138 valence electrons. The molecular formula is C19H22ClN3O3. The standard InChI is InChI=1S/C19H22ClN3O3/c1-12-5-7-14(21-18(24)11-23(2)3)10-16(12)22-19(25)15-8-6-13(20)9-17(15)26-4/h5-10H,11H2,1-4H3,(H,21,24)(H,22,25). The fourth-order valence-electron chi connectivity index (χ4n) is 2.36. The number of benzene rings is 2. The number of carbonyl (C=O) groups is 2.